The smallest absolute Gasteiger partial charge is 0.153 e. The summed E-state index contributed by atoms with van der Waals surface area (Å²) in [5.41, 5.74) is 9.25. The predicted molar refractivity (Wildman–Crippen MR) is 68.8 cm³/mol. The van der Waals surface area contributed by atoms with E-state index in [1.165, 1.54) is 0 Å². The Hall–Kier alpha value is -1.59. The normalized spacial score (nSPS) is 13.9. The summed E-state index contributed by atoms with van der Waals surface area (Å²) in [5.74, 6) is 0.602. The van der Waals surface area contributed by atoms with Crippen LogP contribution in [0.1, 0.15) is 5.69 Å². The molecule has 3 N–H and O–H groups in total. The summed E-state index contributed by atoms with van der Waals surface area (Å²) < 4.78 is 1.99. The standard InChI is InChI=1S/C11H13N5.ClH/c12-11-10(8-1-3-13-4-2-8)9-7-14-5-6-16(9)15-11;/h1-4,14H,5-7H2,(H2,12,15);1H. The molecule has 2 aromatic heterocycles. The SMILES string of the molecule is Cl.Nc1nn2c(c1-c1ccncc1)CNCC2. The Morgan fingerprint density at radius 3 is 2.82 bits per heavy atom. The molecule has 1 aliphatic rings. The highest BCUT2D eigenvalue weighted by atomic mass is 35.5. The maximum absolute atomic E-state index is 5.97. The Bertz CT molecular complexity index is 508. The van der Waals surface area contributed by atoms with Crippen molar-refractivity contribution in [1.82, 2.24) is 20.1 Å². The van der Waals surface area contributed by atoms with Gasteiger partial charge >= 0.3 is 0 Å². The largest absolute Gasteiger partial charge is 0.382 e. The number of nitrogen functional groups attached to an aromatic ring is 1. The second-order valence-corrected chi connectivity index (χ2v) is 3.84. The van der Waals surface area contributed by atoms with E-state index < -0.39 is 0 Å². The van der Waals surface area contributed by atoms with Gasteiger partial charge in [0.15, 0.2) is 5.82 Å². The monoisotopic (exact) mass is 251 g/mol. The molecule has 0 spiro atoms. The second kappa shape index (κ2) is 4.73. The molecule has 2 aromatic rings. The summed E-state index contributed by atoms with van der Waals surface area (Å²) in [7, 11) is 0. The van der Waals surface area contributed by atoms with E-state index in [1.807, 2.05) is 16.8 Å². The molecular formula is C11H14ClN5. The van der Waals surface area contributed by atoms with Gasteiger partial charge in [-0.3, -0.25) is 9.67 Å². The van der Waals surface area contributed by atoms with Crippen LogP contribution in [0.4, 0.5) is 5.82 Å². The van der Waals surface area contributed by atoms with Crippen LogP contribution in [0, 0.1) is 0 Å². The number of nitrogens with two attached hydrogens (primary N) is 1. The Balaban J connectivity index is 0.00000108. The third kappa shape index (κ3) is 1.99. The summed E-state index contributed by atoms with van der Waals surface area (Å²) in [5, 5.41) is 7.69. The Labute approximate surface area is 105 Å². The molecule has 3 heterocycles. The average Bonchev–Trinajstić information content (AvgIpc) is 2.66. The van der Waals surface area contributed by atoms with Crippen molar-refractivity contribution in [3.8, 4) is 11.1 Å². The molecule has 1 aliphatic heterocycles. The van der Waals surface area contributed by atoms with Gasteiger partial charge in [0.05, 0.1) is 12.2 Å². The number of aromatic nitrogens is 3. The van der Waals surface area contributed by atoms with Gasteiger partial charge in [-0.05, 0) is 17.7 Å². The Morgan fingerprint density at radius 1 is 1.29 bits per heavy atom. The van der Waals surface area contributed by atoms with Crippen LogP contribution in [0.2, 0.25) is 0 Å². The number of hydrogen-bond acceptors (Lipinski definition) is 4. The molecule has 6 heteroatoms. The van der Waals surface area contributed by atoms with E-state index in [2.05, 4.69) is 15.4 Å². The minimum Gasteiger partial charge on any atom is -0.382 e. The first-order valence-electron chi connectivity index (χ1n) is 5.32. The van der Waals surface area contributed by atoms with Crippen LogP contribution in [0.25, 0.3) is 11.1 Å². The zero-order valence-corrected chi connectivity index (χ0v) is 10.1. The van der Waals surface area contributed by atoms with Gasteiger partial charge in [-0.1, -0.05) is 0 Å². The average molecular weight is 252 g/mol. The zero-order valence-electron chi connectivity index (χ0n) is 9.26. The van der Waals surface area contributed by atoms with Crippen molar-refractivity contribution in [2.75, 3.05) is 12.3 Å². The molecule has 17 heavy (non-hydrogen) atoms. The van der Waals surface area contributed by atoms with Crippen molar-refractivity contribution in [2.45, 2.75) is 13.1 Å². The summed E-state index contributed by atoms with van der Waals surface area (Å²) in [6.07, 6.45) is 3.55. The molecule has 5 nitrogen and oxygen atoms in total. The molecular weight excluding hydrogens is 238 g/mol. The van der Waals surface area contributed by atoms with Crippen LogP contribution in [0.5, 0.6) is 0 Å². The number of nitrogens with zero attached hydrogens (tertiary/aromatic N) is 3. The quantitative estimate of drug-likeness (QED) is 0.795. The molecule has 90 valence electrons. The second-order valence-electron chi connectivity index (χ2n) is 3.84. The van der Waals surface area contributed by atoms with Crippen LogP contribution in [-0.4, -0.2) is 21.3 Å². The highest BCUT2D eigenvalue weighted by molar-refractivity contribution is 5.85. The lowest BCUT2D eigenvalue weighted by atomic mass is 10.1. The molecule has 0 saturated carbocycles. The fourth-order valence-corrected chi connectivity index (χ4v) is 2.11. The van der Waals surface area contributed by atoms with Crippen molar-refractivity contribution in [3.63, 3.8) is 0 Å². The fraction of sp³-hybridized carbons (Fsp3) is 0.273. The first-order valence-corrected chi connectivity index (χ1v) is 5.32. The maximum atomic E-state index is 5.97. The van der Waals surface area contributed by atoms with E-state index in [-0.39, 0.29) is 12.4 Å². The molecule has 0 aliphatic carbocycles. The molecule has 0 saturated heterocycles. The minimum absolute atomic E-state index is 0. The van der Waals surface area contributed by atoms with Crippen molar-refractivity contribution >= 4 is 18.2 Å². The highest BCUT2D eigenvalue weighted by Gasteiger charge is 2.19. The fourth-order valence-electron chi connectivity index (χ4n) is 2.11. The molecule has 0 unspecified atom stereocenters. The predicted octanol–water partition coefficient (Wildman–Crippen LogP) is 1.05. The van der Waals surface area contributed by atoms with Crippen LogP contribution in [0.15, 0.2) is 24.5 Å². The van der Waals surface area contributed by atoms with Crippen LogP contribution in [0.3, 0.4) is 0 Å². The number of pyridine rings is 1. The Kier molecular flexibility index (Phi) is 3.31. The highest BCUT2D eigenvalue weighted by Crippen LogP contribution is 2.29. The van der Waals surface area contributed by atoms with E-state index in [4.69, 9.17) is 5.73 Å². The number of halogens is 1. The van der Waals surface area contributed by atoms with Crippen molar-refractivity contribution in [1.29, 1.82) is 0 Å². The molecule has 0 bridgehead atoms. The minimum atomic E-state index is 0. The van der Waals surface area contributed by atoms with Gasteiger partial charge in [0.25, 0.3) is 0 Å². The number of anilines is 1. The molecule has 0 atom stereocenters. The molecule has 0 fully saturated rings. The van der Waals surface area contributed by atoms with Gasteiger partial charge in [0.2, 0.25) is 0 Å². The van der Waals surface area contributed by atoms with Gasteiger partial charge in [-0.15, -0.1) is 12.4 Å². The van der Waals surface area contributed by atoms with E-state index >= 15 is 0 Å². The van der Waals surface area contributed by atoms with E-state index in [1.54, 1.807) is 12.4 Å². The van der Waals surface area contributed by atoms with E-state index in [0.29, 0.717) is 5.82 Å². The lowest BCUT2D eigenvalue weighted by Gasteiger charge is -2.15. The van der Waals surface area contributed by atoms with Gasteiger partial charge in [-0.2, -0.15) is 5.10 Å². The maximum Gasteiger partial charge on any atom is 0.153 e. The zero-order chi connectivity index (χ0) is 11.0. The molecule has 0 amide bonds. The first kappa shape index (κ1) is 11.9. The number of rotatable bonds is 1. The summed E-state index contributed by atoms with van der Waals surface area (Å²) in [6.45, 7) is 2.65. The van der Waals surface area contributed by atoms with Crippen LogP contribution in [-0.2, 0) is 13.1 Å². The van der Waals surface area contributed by atoms with Crippen molar-refractivity contribution in [3.05, 3.63) is 30.2 Å². The topological polar surface area (TPSA) is 68.8 Å². The summed E-state index contributed by atoms with van der Waals surface area (Å²) in [4.78, 5) is 4.01. The van der Waals surface area contributed by atoms with E-state index in [0.717, 1.165) is 36.5 Å². The summed E-state index contributed by atoms with van der Waals surface area (Å²) in [6, 6.07) is 3.92. The third-order valence-corrected chi connectivity index (χ3v) is 2.85. The lowest BCUT2D eigenvalue weighted by Crippen LogP contribution is -2.28. The number of fused-ring (bicyclic) bond motifs is 1. The van der Waals surface area contributed by atoms with Crippen molar-refractivity contribution < 1.29 is 0 Å². The molecule has 0 radical (unpaired) electrons. The number of hydrogen-bond donors (Lipinski definition) is 2. The number of nitrogens with one attached hydrogen (secondary N) is 1. The van der Waals surface area contributed by atoms with Gasteiger partial charge in [0.1, 0.15) is 0 Å². The van der Waals surface area contributed by atoms with Gasteiger partial charge in [-0.25, -0.2) is 0 Å². The summed E-state index contributed by atoms with van der Waals surface area (Å²) >= 11 is 0. The lowest BCUT2D eigenvalue weighted by molar-refractivity contribution is 0.477. The van der Waals surface area contributed by atoms with E-state index in [9.17, 15) is 0 Å². The molecule has 0 aromatic carbocycles. The van der Waals surface area contributed by atoms with Gasteiger partial charge < -0.3 is 11.1 Å². The van der Waals surface area contributed by atoms with Gasteiger partial charge in [0, 0.05) is 31.0 Å². The Morgan fingerprint density at radius 2 is 2.06 bits per heavy atom. The molecule has 3 rings (SSSR count). The first-order chi connectivity index (χ1) is 7.86. The van der Waals surface area contributed by atoms with Crippen LogP contribution < -0.4 is 11.1 Å². The van der Waals surface area contributed by atoms with Crippen molar-refractivity contribution in [2.24, 2.45) is 0 Å². The third-order valence-electron chi connectivity index (χ3n) is 2.85. The van der Waals surface area contributed by atoms with Crippen LogP contribution >= 0.6 is 12.4 Å².